The molecule has 3 heteroatoms. The fraction of sp³-hybridized carbons (Fsp3) is 0.600. The van der Waals surface area contributed by atoms with E-state index in [1.165, 1.54) is 5.57 Å². The summed E-state index contributed by atoms with van der Waals surface area (Å²) in [5, 5.41) is 28.6. The van der Waals surface area contributed by atoms with Gasteiger partial charge in [-0.15, -0.1) is 0 Å². The van der Waals surface area contributed by atoms with Crippen LogP contribution in [0.3, 0.4) is 0 Å². The van der Waals surface area contributed by atoms with Crippen LogP contribution in [0.25, 0.3) is 0 Å². The lowest BCUT2D eigenvalue weighted by Gasteiger charge is -2.09. The SMILES string of the molecule is CC(C)=C[C@H](O)C/C(C)=C/CC/C(C)=C/[C@@H](O)C/C(C)=C/CO. The molecular weight excluding hydrogens is 288 g/mol. The van der Waals surface area contributed by atoms with Crippen molar-refractivity contribution >= 4 is 0 Å². The fourth-order valence-corrected chi connectivity index (χ4v) is 2.44. The number of hydrogen-bond acceptors (Lipinski definition) is 3. The molecule has 3 N–H and O–H groups in total. The molecule has 0 aliphatic heterocycles. The maximum atomic E-state index is 9.97. The smallest absolute Gasteiger partial charge is 0.0760 e. The Hall–Kier alpha value is -1.16. The Balaban J connectivity index is 4.29. The van der Waals surface area contributed by atoms with Gasteiger partial charge < -0.3 is 15.3 Å². The van der Waals surface area contributed by atoms with Crippen LogP contribution in [0.2, 0.25) is 0 Å². The summed E-state index contributed by atoms with van der Waals surface area (Å²) in [5.74, 6) is 0. The van der Waals surface area contributed by atoms with Crippen molar-refractivity contribution in [2.75, 3.05) is 6.61 Å². The van der Waals surface area contributed by atoms with Crippen LogP contribution in [0.4, 0.5) is 0 Å². The van der Waals surface area contributed by atoms with Gasteiger partial charge in [-0.1, -0.05) is 46.6 Å². The Labute approximate surface area is 141 Å². The summed E-state index contributed by atoms with van der Waals surface area (Å²) in [6.07, 6.45) is 9.77. The number of rotatable bonds is 10. The third kappa shape index (κ3) is 13.0. The van der Waals surface area contributed by atoms with Gasteiger partial charge in [-0.05, 0) is 60.3 Å². The third-order valence-corrected chi connectivity index (χ3v) is 3.54. The summed E-state index contributed by atoms with van der Waals surface area (Å²) >= 11 is 0. The highest BCUT2D eigenvalue weighted by molar-refractivity contribution is 5.10. The average molecular weight is 322 g/mol. The van der Waals surface area contributed by atoms with Crippen molar-refractivity contribution in [2.45, 2.75) is 72.5 Å². The highest BCUT2D eigenvalue weighted by Gasteiger charge is 2.03. The van der Waals surface area contributed by atoms with Crippen molar-refractivity contribution in [2.24, 2.45) is 0 Å². The average Bonchev–Trinajstić information content (AvgIpc) is 2.36. The molecule has 0 unspecified atom stereocenters. The molecule has 0 radical (unpaired) electrons. The molecule has 23 heavy (non-hydrogen) atoms. The Bertz CT molecular complexity index is 452. The van der Waals surface area contributed by atoms with Gasteiger partial charge >= 0.3 is 0 Å². The normalized spacial score (nSPS) is 16.3. The molecule has 2 atom stereocenters. The van der Waals surface area contributed by atoms with E-state index in [2.05, 4.69) is 6.08 Å². The quantitative estimate of drug-likeness (QED) is 0.531. The molecule has 0 aromatic carbocycles. The molecule has 0 amide bonds. The van der Waals surface area contributed by atoms with Crippen LogP contribution < -0.4 is 0 Å². The van der Waals surface area contributed by atoms with Gasteiger partial charge in [-0.25, -0.2) is 0 Å². The van der Waals surface area contributed by atoms with Gasteiger partial charge in [0.25, 0.3) is 0 Å². The monoisotopic (exact) mass is 322 g/mol. The summed E-state index contributed by atoms with van der Waals surface area (Å²) < 4.78 is 0. The van der Waals surface area contributed by atoms with E-state index >= 15 is 0 Å². The van der Waals surface area contributed by atoms with Crippen LogP contribution in [0.5, 0.6) is 0 Å². The first kappa shape index (κ1) is 21.8. The Kier molecular flexibility index (Phi) is 11.7. The van der Waals surface area contributed by atoms with E-state index in [1.54, 1.807) is 6.08 Å². The molecule has 0 bridgehead atoms. The van der Waals surface area contributed by atoms with E-state index < -0.39 is 12.2 Å². The van der Waals surface area contributed by atoms with Gasteiger partial charge in [0.15, 0.2) is 0 Å². The van der Waals surface area contributed by atoms with Crippen LogP contribution in [0.1, 0.15) is 60.3 Å². The van der Waals surface area contributed by atoms with E-state index in [1.807, 2.05) is 46.8 Å². The van der Waals surface area contributed by atoms with Crippen molar-refractivity contribution in [3.63, 3.8) is 0 Å². The second-order valence-corrected chi connectivity index (χ2v) is 6.62. The van der Waals surface area contributed by atoms with E-state index in [9.17, 15) is 10.2 Å². The van der Waals surface area contributed by atoms with Gasteiger partial charge in [0.1, 0.15) is 0 Å². The molecule has 0 rings (SSSR count). The maximum Gasteiger partial charge on any atom is 0.0760 e. The van der Waals surface area contributed by atoms with Crippen molar-refractivity contribution in [1.29, 1.82) is 0 Å². The van der Waals surface area contributed by atoms with Crippen LogP contribution >= 0.6 is 0 Å². The first-order chi connectivity index (χ1) is 10.7. The lowest BCUT2D eigenvalue weighted by Crippen LogP contribution is -2.04. The van der Waals surface area contributed by atoms with E-state index in [-0.39, 0.29) is 6.61 Å². The first-order valence-corrected chi connectivity index (χ1v) is 8.35. The molecule has 0 aromatic heterocycles. The highest BCUT2D eigenvalue weighted by atomic mass is 16.3. The highest BCUT2D eigenvalue weighted by Crippen LogP contribution is 2.14. The second-order valence-electron chi connectivity index (χ2n) is 6.62. The zero-order valence-electron chi connectivity index (χ0n) is 15.3. The minimum atomic E-state index is -0.498. The molecule has 0 aliphatic carbocycles. The zero-order valence-corrected chi connectivity index (χ0v) is 15.3. The molecule has 0 aromatic rings. The van der Waals surface area contributed by atoms with Gasteiger partial charge in [0.2, 0.25) is 0 Å². The molecule has 0 saturated heterocycles. The molecule has 0 aliphatic rings. The zero-order chi connectivity index (χ0) is 17.8. The molecule has 0 spiro atoms. The number of aliphatic hydroxyl groups excluding tert-OH is 3. The summed E-state index contributed by atoms with van der Waals surface area (Å²) in [4.78, 5) is 0. The summed E-state index contributed by atoms with van der Waals surface area (Å²) in [7, 11) is 0. The topological polar surface area (TPSA) is 60.7 Å². The number of aliphatic hydroxyl groups is 3. The van der Waals surface area contributed by atoms with E-state index in [0.29, 0.717) is 12.8 Å². The predicted octanol–water partition coefficient (Wildman–Crippen LogP) is 4.07. The molecule has 0 saturated carbocycles. The fourth-order valence-electron chi connectivity index (χ4n) is 2.44. The van der Waals surface area contributed by atoms with E-state index in [4.69, 9.17) is 5.11 Å². The molecule has 0 heterocycles. The molecule has 132 valence electrons. The van der Waals surface area contributed by atoms with Gasteiger partial charge in [0, 0.05) is 0 Å². The van der Waals surface area contributed by atoms with Gasteiger partial charge in [0.05, 0.1) is 18.8 Å². The Morgan fingerprint density at radius 1 is 0.783 bits per heavy atom. The number of allylic oxidation sites excluding steroid dienone is 3. The Morgan fingerprint density at radius 3 is 1.83 bits per heavy atom. The second kappa shape index (κ2) is 12.3. The molecule has 0 fully saturated rings. The van der Waals surface area contributed by atoms with Crippen molar-refractivity contribution in [3.05, 3.63) is 46.6 Å². The maximum absolute atomic E-state index is 9.97. The van der Waals surface area contributed by atoms with E-state index in [0.717, 1.165) is 29.6 Å². The predicted molar refractivity (Wildman–Crippen MR) is 98.3 cm³/mol. The first-order valence-electron chi connectivity index (χ1n) is 8.35. The lowest BCUT2D eigenvalue weighted by atomic mass is 10.0. The summed E-state index contributed by atoms with van der Waals surface area (Å²) in [6, 6.07) is 0. The van der Waals surface area contributed by atoms with Crippen molar-refractivity contribution in [3.8, 4) is 0 Å². The third-order valence-electron chi connectivity index (χ3n) is 3.54. The summed E-state index contributed by atoms with van der Waals surface area (Å²) in [6.45, 7) is 9.96. The van der Waals surface area contributed by atoms with Crippen LogP contribution in [0, 0.1) is 0 Å². The standard InChI is InChI=1S/C20H34O3/c1-15(2)11-19(22)12-16(3)7-6-8-17(4)13-20(23)14-18(5)9-10-21/h7,9,11,13,19-23H,6,8,10,12,14H2,1-5H3/b16-7+,17-13+,18-9+/t19-,20+/m0/s1. The van der Waals surface area contributed by atoms with Gasteiger partial charge in [-0.3, -0.25) is 0 Å². The van der Waals surface area contributed by atoms with Gasteiger partial charge in [-0.2, -0.15) is 0 Å². The van der Waals surface area contributed by atoms with Crippen molar-refractivity contribution < 1.29 is 15.3 Å². The molecule has 3 nitrogen and oxygen atoms in total. The summed E-state index contributed by atoms with van der Waals surface area (Å²) in [5.41, 5.74) is 4.46. The minimum absolute atomic E-state index is 0.0178. The van der Waals surface area contributed by atoms with Crippen LogP contribution in [0.15, 0.2) is 46.6 Å². The largest absolute Gasteiger partial charge is 0.392 e. The number of hydrogen-bond donors (Lipinski definition) is 3. The van der Waals surface area contributed by atoms with Crippen molar-refractivity contribution in [1.82, 2.24) is 0 Å². The Morgan fingerprint density at radius 2 is 1.30 bits per heavy atom. The molecular formula is C20H34O3. The lowest BCUT2D eigenvalue weighted by molar-refractivity contribution is 0.222. The minimum Gasteiger partial charge on any atom is -0.392 e. The van der Waals surface area contributed by atoms with Crippen LogP contribution in [-0.4, -0.2) is 34.1 Å². The van der Waals surface area contributed by atoms with Crippen LogP contribution in [-0.2, 0) is 0 Å².